The van der Waals surface area contributed by atoms with Crippen molar-refractivity contribution >= 4 is 41.5 Å². The van der Waals surface area contributed by atoms with Gasteiger partial charge in [-0.2, -0.15) is 0 Å². The van der Waals surface area contributed by atoms with Crippen LogP contribution in [0.2, 0.25) is 0 Å². The minimum Gasteiger partial charge on any atom is -0.468 e. The molecule has 5 aliphatic heterocycles. The predicted octanol–water partition coefficient (Wildman–Crippen LogP) is 13.7. The average molecular weight is 1610 g/mol. The number of hydrogen-bond donors (Lipinski definition) is 0. The van der Waals surface area contributed by atoms with Gasteiger partial charge in [0.2, 0.25) is 6.79 Å². The highest BCUT2D eigenvalue weighted by Gasteiger charge is 2.38. The van der Waals surface area contributed by atoms with Crippen molar-refractivity contribution in [2.75, 3.05) is 120 Å². The molecule has 9 aromatic carbocycles. The zero-order valence-corrected chi connectivity index (χ0v) is 65.1. The second-order valence-corrected chi connectivity index (χ2v) is 27.7. The lowest BCUT2D eigenvalue weighted by molar-refractivity contribution is -0.162. The lowest BCUT2D eigenvalue weighted by Gasteiger charge is -2.40. The van der Waals surface area contributed by atoms with Crippen LogP contribution in [0.25, 0.3) is 33.4 Å². The molecule has 4 fully saturated rings. The number of ketones is 1. The van der Waals surface area contributed by atoms with E-state index in [-0.39, 0.29) is 76.9 Å². The maximum atomic E-state index is 12.7. The molecule has 9 aromatic rings. The quantitative estimate of drug-likeness (QED) is 0.00653. The molecule has 27 heteroatoms. The Kier molecular flexibility index (Phi) is 31.0. The summed E-state index contributed by atoms with van der Waals surface area (Å²) in [6.07, 6.45) is 5.74. The average Bonchev–Trinajstić information content (AvgIpc) is 1.01. The summed E-state index contributed by atoms with van der Waals surface area (Å²) in [5, 5.41) is 0. The smallest absolute Gasteiger partial charge is 0.343 e. The van der Waals surface area contributed by atoms with E-state index < -0.39 is 41.5 Å². The van der Waals surface area contributed by atoms with E-state index in [0.717, 1.165) is 120 Å². The van der Waals surface area contributed by atoms with Crippen LogP contribution in [-0.4, -0.2) is 179 Å². The molecule has 4 saturated heterocycles. The van der Waals surface area contributed by atoms with Crippen LogP contribution in [0, 0.1) is 10.8 Å². The number of amides is 2. The predicted molar refractivity (Wildman–Crippen MR) is 426 cm³/mol. The Hall–Kier alpha value is -12.4. The van der Waals surface area contributed by atoms with Crippen LogP contribution < -0.4 is 42.6 Å². The highest BCUT2D eigenvalue weighted by Crippen LogP contribution is 2.34. The van der Waals surface area contributed by atoms with E-state index in [9.17, 15) is 33.6 Å². The number of esters is 4. The molecule has 2 atom stereocenters. The molecule has 118 heavy (non-hydrogen) atoms. The van der Waals surface area contributed by atoms with Gasteiger partial charge < -0.3 is 90.0 Å². The molecule has 0 N–H and O–H groups in total. The molecule has 0 aliphatic carbocycles. The van der Waals surface area contributed by atoms with Crippen molar-refractivity contribution in [3.05, 3.63) is 260 Å². The van der Waals surface area contributed by atoms with Gasteiger partial charge in [-0.25, -0.2) is 19.2 Å². The van der Waals surface area contributed by atoms with Gasteiger partial charge in [0.25, 0.3) is 11.8 Å². The summed E-state index contributed by atoms with van der Waals surface area (Å²) in [7, 11) is 0. The fraction of sp³-hybridized carbons (Fsp3) is 0.286. The van der Waals surface area contributed by atoms with E-state index in [1.165, 1.54) is 0 Å². The Morgan fingerprint density at radius 1 is 0.381 bits per heavy atom. The minimum absolute atomic E-state index is 0.124. The van der Waals surface area contributed by atoms with Crippen LogP contribution in [0.1, 0.15) is 57.8 Å². The summed E-state index contributed by atoms with van der Waals surface area (Å²) < 4.78 is 102. The van der Waals surface area contributed by atoms with Crippen LogP contribution in [0.4, 0.5) is 0 Å². The molecule has 0 bridgehead atoms. The first-order valence-corrected chi connectivity index (χ1v) is 38.0. The van der Waals surface area contributed by atoms with E-state index in [0.29, 0.717) is 83.4 Å². The van der Waals surface area contributed by atoms with Crippen LogP contribution in [-0.2, 0) is 66.5 Å². The third-order valence-electron chi connectivity index (χ3n) is 19.0. The maximum absolute atomic E-state index is 12.7. The van der Waals surface area contributed by atoms with E-state index in [2.05, 4.69) is 20.4 Å². The number of rotatable bonds is 42. The number of nitrogens with zero attached hydrogens (tertiary/aromatic N) is 1. The van der Waals surface area contributed by atoms with Crippen molar-refractivity contribution < 1.29 is 124 Å². The number of carbonyl (C=O) groups excluding carboxylic acids is 7. The second-order valence-electron chi connectivity index (χ2n) is 27.7. The van der Waals surface area contributed by atoms with Gasteiger partial charge in [-0.1, -0.05) is 93.2 Å². The zero-order valence-electron chi connectivity index (χ0n) is 65.1. The van der Waals surface area contributed by atoms with Crippen LogP contribution in [0.5, 0.6) is 51.7 Å². The monoisotopic (exact) mass is 1610 g/mol. The Balaban J connectivity index is 0.000000163. The number of imide groups is 1. The van der Waals surface area contributed by atoms with Crippen LogP contribution in [0.3, 0.4) is 0 Å². The third kappa shape index (κ3) is 26.3. The van der Waals surface area contributed by atoms with Crippen molar-refractivity contribution in [3.8, 4) is 85.1 Å². The van der Waals surface area contributed by atoms with Crippen LogP contribution in [0.15, 0.2) is 243 Å². The SMILES string of the molecule is C=CC(=O)OCOc1ccc(-c2ccc(C(=O)Oc3ccc(OCOCC(=O)CN4C(=O)C=CC4=O)cc3)cc2)cc1.CCC1(COCOc2ccc(OC(=O)c3ccc(-c4ccc(OCOCC5(CC)COC5)cc4)cc3)cc2)COC1.O=C(Oc1ccc(OCOCC2CO2)cc1)c1ccc(-c2ccc(OCOCC3CO3)cc2)cc1. The topological polar surface area (TPSA) is 305 Å². The lowest BCUT2D eigenvalue weighted by Crippen LogP contribution is -2.45. The third-order valence-corrected chi connectivity index (χ3v) is 19.0. The summed E-state index contributed by atoms with van der Waals surface area (Å²) in [5.41, 5.74) is 7.30. The first-order chi connectivity index (χ1) is 57.6. The van der Waals surface area contributed by atoms with Crippen molar-refractivity contribution in [1.82, 2.24) is 4.90 Å². The van der Waals surface area contributed by atoms with Crippen molar-refractivity contribution in [2.24, 2.45) is 10.8 Å². The number of ether oxygens (including phenoxy) is 19. The zero-order chi connectivity index (χ0) is 82.3. The van der Waals surface area contributed by atoms with Crippen molar-refractivity contribution in [2.45, 2.75) is 38.9 Å². The Bertz CT molecular complexity index is 4760. The van der Waals surface area contributed by atoms with E-state index >= 15 is 0 Å². The normalized spacial score (nSPS) is 15.5. The van der Waals surface area contributed by atoms with E-state index in [1.807, 2.05) is 84.9 Å². The molecular formula is C91H89NO26. The van der Waals surface area contributed by atoms with Gasteiger partial charge in [0.1, 0.15) is 70.6 Å². The molecule has 0 saturated carbocycles. The number of Topliss-reactive ketones (excluding diaryl/α,β-unsaturated/α-hetero) is 1. The second kappa shape index (κ2) is 43.0. The summed E-state index contributed by atoms with van der Waals surface area (Å²) >= 11 is 0. The molecular weight excluding hydrogens is 1520 g/mol. The molecule has 14 rings (SSSR count). The first kappa shape index (κ1) is 85.0. The standard InChI is InChI=1S/C33H38O8.C31H25NO10.C27H26O8/c1-3-32(17-35-18-32)21-37-23-39-28-11-9-26(10-12-28)25-5-7-27(8-6-25)31(34)41-30-15-13-29(14-16-30)40-24-38-22-33(4-2)19-36-20-33;1-2-30(36)41-20-40-25-9-7-22(8-10-25)21-3-5-23(6-4-21)31(37)42-27-13-11-26(12-14-27)39-19-38-18-24(33)17-32-28(34)15-16-29(32)35;28-27(35-24-11-9-23(10-12-24)34-18-30-14-26-16-32-26)21-3-1-19(2-4-21)20-5-7-22(8-6-20)33-17-29-13-25-15-31-25/h5-16H,3-4,17-24H2,1-2H3;2-16H,1,17-20H2;1-12,25-26H,13-18H2. The lowest BCUT2D eigenvalue weighted by atomic mass is 9.84. The van der Waals surface area contributed by atoms with Gasteiger partial charge >= 0.3 is 23.9 Å². The molecule has 0 aromatic heterocycles. The highest BCUT2D eigenvalue weighted by atomic mass is 16.7. The summed E-state index contributed by atoms with van der Waals surface area (Å²) in [6, 6.07) is 64.0. The molecule has 614 valence electrons. The maximum Gasteiger partial charge on any atom is 0.343 e. The number of benzene rings is 9. The molecule has 0 spiro atoms. The van der Waals surface area contributed by atoms with Crippen molar-refractivity contribution in [3.63, 3.8) is 0 Å². The Morgan fingerprint density at radius 2 is 0.653 bits per heavy atom. The summed E-state index contributed by atoms with van der Waals surface area (Å²) in [6.45, 7) is 14.0. The summed E-state index contributed by atoms with van der Waals surface area (Å²) in [4.78, 5) is 84.5. The van der Waals surface area contributed by atoms with Gasteiger partial charge in [0.15, 0.2) is 39.7 Å². The highest BCUT2D eigenvalue weighted by molar-refractivity contribution is 6.14. The summed E-state index contributed by atoms with van der Waals surface area (Å²) in [5.74, 6) is 1.34. The van der Waals surface area contributed by atoms with Gasteiger partial charge in [-0.3, -0.25) is 19.3 Å². The molecule has 2 unspecified atom stereocenters. The Morgan fingerprint density at radius 3 is 0.932 bits per heavy atom. The van der Waals surface area contributed by atoms with Gasteiger partial charge in [-0.05, 0) is 192 Å². The molecule has 0 radical (unpaired) electrons. The van der Waals surface area contributed by atoms with Crippen molar-refractivity contribution in [1.29, 1.82) is 0 Å². The largest absolute Gasteiger partial charge is 0.468 e. The van der Waals surface area contributed by atoms with Gasteiger partial charge in [0.05, 0.1) is 89.3 Å². The van der Waals surface area contributed by atoms with Crippen LogP contribution >= 0.6 is 0 Å². The molecule has 5 aliphatic rings. The van der Waals surface area contributed by atoms with Gasteiger partial charge in [-0.15, -0.1) is 0 Å². The molecule has 5 heterocycles. The Labute approximate surface area is 681 Å². The fourth-order valence-electron chi connectivity index (χ4n) is 11.4. The van der Waals surface area contributed by atoms with Gasteiger partial charge in [0, 0.05) is 29.1 Å². The first-order valence-electron chi connectivity index (χ1n) is 38.0. The molecule has 2 amide bonds. The van der Waals surface area contributed by atoms with E-state index in [1.54, 1.807) is 133 Å². The fourth-order valence-corrected chi connectivity index (χ4v) is 11.4. The number of hydrogen-bond acceptors (Lipinski definition) is 26. The number of epoxide rings is 2. The minimum atomic E-state index is -0.572. The number of carbonyl (C=O) groups is 7. The van der Waals surface area contributed by atoms with E-state index in [4.69, 9.17) is 90.0 Å². The molecule has 27 nitrogen and oxygen atoms in total.